The van der Waals surface area contributed by atoms with Gasteiger partial charge in [-0.2, -0.15) is 0 Å². The van der Waals surface area contributed by atoms with Crippen molar-refractivity contribution in [1.82, 2.24) is 4.90 Å². The highest BCUT2D eigenvalue weighted by Crippen LogP contribution is 2.42. The molecular formula is C9H15NO2. The fraction of sp³-hybridized carbons (Fsp3) is 0.889. The van der Waals surface area contributed by atoms with Crippen LogP contribution in [0.15, 0.2) is 0 Å². The lowest BCUT2D eigenvalue weighted by atomic mass is 9.86. The monoisotopic (exact) mass is 169 g/mol. The van der Waals surface area contributed by atoms with Crippen LogP contribution in [-0.4, -0.2) is 35.6 Å². The van der Waals surface area contributed by atoms with Crippen molar-refractivity contribution < 1.29 is 9.90 Å². The average molecular weight is 169 g/mol. The Balaban J connectivity index is 2.00. The Morgan fingerprint density at radius 2 is 2.17 bits per heavy atom. The lowest BCUT2D eigenvalue weighted by Crippen LogP contribution is -2.52. The number of hydrogen-bond donors (Lipinski definition) is 1. The minimum Gasteiger partial charge on any atom is -0.481 e. The first-order valence-corrected chi connectivity index (χ1v) is 4.63. The van der Waals surface area contributed by atoms with Gasteiger partial charge in [-0.05, 0) is 38.8 Å². The summed E-state index contributed by atoms with van der Waals surface area (Å²) in [5.41, 5.74) is 0. The summed E-state index contributed by atoms with van der Waals surface area (Å²) in [7, 11) is 2.02. The normalized spacial score (nSPS) is 32.6. The van der Waals surface area contributed by atoms with Crippen molar-refractivity contribution in [3.63, 3.8) is 0 Å². The van der Waals surface area contributed by atoms with Gasteiger partial charge in [0.1, 0.15) is 0 Å². The van der Waals surface area contributed by atoms with Gasteiger partial charge in [0, 0.05) is 6.04 Å². The fourth-order valence-electron chi connectivity index (χ4n) is 2.13. The molecule has 2 atom stereocenters. The summed E-state index contributed by atoms with van der Waals surface area (Å²) >= 11 is 0. The zero-order chi connectivity index (χ0) is 8.72. The smallest absolute Gasteiger partial charge is 0.308 e. The number of carboxylic acids is 1. The number of aliphatic carboxylic acids is 1. The largest absolute Gasteiger partial charge is 0.481 e. The molecule has 1 aliphatic carbocycles. The molecule has 0 radical (unpaired) electrons. The SMILES string of the molecule is CN1CCC1C(C(=O)O)C1CC1. The standard InChI is InChI=1S/C9H15NO2/c1-10-5-4-7(10)8(9(11)12)6-2-3-6/h6-8H,2-5H2,1H3,(H,11,12). The number of carbonyl (C=O) groups is 1. The van der Waals surface area contributed by atoms with Gasteiger partial charge in [0.25, 0.3) is 0 Å². The first-order chi connectivity index (χ1) is 5.70. The van der Waals surface area contributed by atoms with Crippen LogP contribution in [0.2, 0.25) is 0 Å². The van der Waals surface area contributed by atoms with E-state index in [1.807, 2.05) is 7.05 Å². The van der Waals surface area contributed by atoms with Gasteiger partial charge < -0.3 is 10.0 Å². The van der Waals surface area contributed by atoms with E-state index >= 15 is 0 Å². The zero-order valence-corrected chi connectivity index (χ0v) is 7.36. The van der Waals surface area contributed by atoms with Crippen molar-refractivity contribution in [1.29, 1.82) is 0 Å². The van der Waals surface area contributed by atoms with Crippen LogP contribution in [0, 0.1) is 11.8 Å². The van der Waals surface area contributed by atoms with Gasteiger partial charge in [-0.25, -0.2) is 0 Å². The summed E-state index contributed by atoms with van der Waals surface area (Å²) in [4.78, 5) is 13.1. The van der Waals surface area contributed by atoms with E-state index in [0.29, 0.717) is 12.0 Å². The highest BCUT2D eigenvalue weighted by Gasteiger charge is 2.45. The van der Waals surface area contributed by atoms with Crippen molar-refractivity contribution in [3.05, 3.63) is 0 Å². The molecule has 2 unspecified atom stereocenters. The third-order valence-electron chi connectivity index (χ3n) is 3.17. The Kier molecular flexibility index (Phi) is 1.83. The topological polar surface area (TPSA) is 40.5 Å². The van der Waals surface area contributed by atoms with Gasteiger partial charge in [-0.15, -0.1) is 0 Å². The molecule has 0 amide bonds. The molecule has 3 heteroatoms. The Morgan fingerprint density at radius 3 is 2.42 bits per heavy atom. The molecule has 1 saturated carbocycles. The van der Waals surface area contributed by atoms with E-state index in [2.05, 4.69) is 4.90 Å². The van der Waals surface area contributed by atoms with Crippen molar-refractivity contribution in [2.24, 2.45) is 11.8 Å². The molecule has 0 aromatic carbocycles. The summed E-state index contributed by atoms with van der Waals surface area (Å²) in [6.45, 7) is 1.07. The molecule has 1 N–H and O–H groups in total. The van der Waals surface area contributed by atoms with Gasteiger partial charge in [0.2, 0.25) is 0 Å². The molecule has 1 saturated heterocycles. The number of rotatable bonds is 3. The number of carboxylic acid groups (broad SMARTS) is 1. The quantitative estimate of drug-likeness (QED) is 0.679. The molecule has 1 heterocycles. The molecule has 2 fully saturated rings. The van der Waals surface area contributed by atoms with Gasteiger partial charge in [0.05, 0.1) is 5.92 Å². The molecule has 2 rings (SSSR count). The summed E-state index contributed by atoms with van der Waals surface area (Å²) in [6.07, 6.45) is 3.33. The van der Waals surface area contributed by atoms with E-state index in [-0.39, 0.29) is 5.92 Å². The fourth-order valence-corrected chi connectivity index (χ4v) is 2.13. The maximum Gasteiger partial charge on any atom is 0.308 e. The highest BCUT2D eigenvalue weighted by atomic mass is 16.4. The highest BCUT2D eigenvalue weighted by molar-refractivity contribution is 5.72. The molecule has 12 heavy (non-hydrogen) atoms. The number of nitrogens with zero attached hydrogens (tertiary/aromatic N) is 1. The van der Waals surface area contributed by atoms with Crippen molar-refractivity contribution in [2.75, 3.05) is 13.6 Å². The van der Waals surface area contributed by atoms with Crippen molar-refractivity contribution in [3.8, 4) is 0 Å². The lowest BCUT2D eigenvalue weighted by molar-refractivity contribution is -0.147. The van der Waals surface area contributed by atoms with Gasteiger partial charge >= 0.3 is 5.97 Å². The van der Waals surface area contributed by atoms with E-state index in [4.69, 9.17) is 5.11 Å². The third-order valence-corrected chi connectivity index (χ3v) is 3.17. The van der Waals surface area contributed by atoms with E-state index in [1.165, 1.54) is 0 Å². The molecule has 0 bridgehead atoms. The van der Waals surface area contributed by atoms with Gasteiger partial charge in [-0.3, -0.25) is 4.79 Å². The lowest BCUT2D eigenvalue weighted by Gasteiger charge is -2.41. The van der Waals surface area contributed by atoms with Crippen LogP contribution in [0.3, 0.4) is 0 Å². The van der Waals surface area contributed by atoms with Crippen LogP contribution >= 0.6 is 0 Å². The minimum atomic E-state index is -0.589. The molecule has 68 valence electrons. The van der Waals surface area contributed by atoms with E-state index in [0.717, 1.165) is 25.8 Å². The van der Waals surface area contributed by atoms with E-state index < -0.39 is 5.97 Å². The predicted octanol–water partition coefficient (Wildman–Crippen LogP) is 0.801. The number of likely N-dealkylation sites (tertiary alicyclic amines) is 1. The predicted molar refractivity (Wildman–Crippen MR) is 44.9 cm³/mol. The van der Waals surface area contributed by atoms with Crippen LogP contribution in [0.25, 0.3) is 0 Å². The Morgan fingerprint density at radius 1 is 1.50 bits per heavy atom. The van der Waals surface area contributed by atoms with Gasteiger partial charge in [-0.1, -0.05) is 0 Å². The van der Waals surface area contributed by atoms with Crippen LogP contribution in [0.4, 0.5) is 0 Å². The number of hydrogen-bond acceptors (Lipinski definition) is 2. The average Bonchev–Trinajstić information content (AvgIpc) is 2.78. The second kappa shape index (κ2) is 2.73. The molecule has 0 aromatic heterocycles. The van der Waals surface area contributed by atoms with Crippen LogP contribution in [0.1, 0.15) is 19.3 Å². The molecule has 3 nitrogen and oxygen atoms in total. The van der Waals surface area contributed by atoms with Crippen LogP contribution in [0.5, 0.6) is 0 Å². The molecule has 2 aliphatic rings. The van der Waals surface area contributed by atoms with Crippen LogP contribution < -0.4 is 0 Å². The molecule has 1 aliphatic heterocycles. The van der Waals surface area contributed by atoms with Crippen molar-refractivity contribution >= 4 is 5.97 Å². The molecular weight excluding hydrogens is 154 g/mol. The first kappa shape index (κ1) is 8.05. The molecule has 0 spiro atoms. The minimum absolute atomic E-state index is 0.0799. The zero-order valence-electron chi connectivity index (χ0n) is 7.36. The summed E-state index contributed by atoms with van der Waals surface area (Å²) in [5.74, 6) is -0.187. The summed E-state index contributed by atoms with van der Waals surface area (Å²) < 4.78 is 0. The van der Waals surface area contributed by atoms with Crippen LogP contribution in [-0.2, 0) is 4.79 Å². The maximum absolute atomic E-state index is 10.9. The van der Waals surface area contributed by atoms with Crippen molar-refractivity contribution in [2.45, 2.75) is 25.3 Å². The van der Waals surface area contributed by atoms with E-state index in [9.17, 15) is 4.79 Å². The third kappa shape index (κ3) is 1.22. The second-order valence-corrected chi connectivity index (χ2v) is 4.04. The second-order valence-electron chi connectivity index (χ2n) is 4.04. The summed E-state index contributed by atoms with van der Waals surface area (Å²) in [5, 5.41) is 9.01. The summed E-state index contributed by atoms with van der Waals surface area (Å²) in [6, 6.07) is 0.329. The van der Waals surface area contributed by atoms with Gasteiger partial charge in [0.15, 0.2) is 0 Å². The first-order valence-electron chi connectivity index (χ1n) is 4.63. The Labute approximate surface area is 72.4 Å². The molecule has 0 aromatic rings. The Bertz CT molecular complexity index is 201. The van der Waals surface area contributed by atoms with E-state index in [1.54, 1.807) is 0 Å². The maximum atomic E-state index is 10.9. The Hall–Kier alpha value is -0.570.